The number of para-hydroxylation sites is 1. The van der Waals surface area contributed by atoms with Crippen LogP contribution in [-0.2, 0) is 10.2 Å². The first-order valence-corrected chi connectivity index (χ1v) is 8.11. The smallest absolute Gasteiger partial charge is 0.241 e. The average molecular weight is 307 g/mol. The Labute approximate surface area is 136 Å². The van der Waals surface area contributed by atoms with E-state index in [2.05, 4.69) is 40.2 Å². The largest absolute Gasteiger partial charge is 0.384 e. The maximum atomic E-state index is 12.6. The number of benzene rings is 2. The molecule has 2 heterocycles. The van der Waals surface area contributed by atoms with E-state index in [1.807, 2.05) is 31.2 Å². The highest BCUT2D eigenvalue weighted by Crippen LogP contribution is 2.42. The molecule has 2 unspecified atom stereocenters. The molecular weight excluding hydrogens is 286 g/mol. The quantitative estimate of drug-likeness (QED) is 0.799. The number of anilines is 2. The van der Waals surface area contributed by atoms with Crippen LogP contribution >= 0.6 is 0 Å². The lowest BCUT2D eigenvalue weighted by Crippen LogP contribution is -2.35. The van der Waals surface area contributed by atoms with E-state index in [0.717, 1.165) is 25.2 Å². The highest BCUT2D eigenvalue weighted by atomic mass is 16.2. The molecule has 2 atom stereocenters. The Bertz CT molecular complexity index is 741. The molecule has 2 aromatic carbocycles. The fourth-order valence-electron chi connectivity index (χ4n) is 3.70. The maximum absolute atomic E-state index is 12.6. The zero-order valence-corrected chi connectivity index (χ0v) is 13.2. The standard InChI is InChI=1S/C19H21N3O/c1-13-6-8-14(9-7-13)22-18(23)17-10-19(12-21-17)11-20-16-5-3-2-4-15(16)19/h2-9,17,20-21H,10-12H2,1H3,(H,22,23). The van der Waals surface area contributed by atoms with Crippen LogP contribution in [0.2, 0.25) is 0 Å². The van der Waals surface area contributed by atoms with Crippen LogP contribution in [0.15, 0.2) is 48.5 Å². The van der Waals surface area contributed by atoms with Gasteiger partial charge in [0.1, 0.15) is 0 Å². The molecule has 0 aliphatic carbocycles. The van der Waals surface area contributed by atoms with Gasteiger partial charge in [-0.25, -0.2) is 0 Å². The summed E-state index contributed by atoms with van der Waals surface area (Å²) in [5.41, 5.74) is 4.61. The van der Waals surface area contributed by atoms with Crippen LogP contribution in [-0.4, -0.2) is 25.0 Å². The molecule has 2 aliphatic rings. The summed E-state index contributed by atoms with van der Waals surface area (Å²) in [5.74, 6) is 0.0510. The molecule has 1 spiro atoms. The minimum atomic E-state index is -0.149. The van der Waals surface area contributed by atoms with E-state index in [0.29, 0.717) is 0 Å². The van der Waals surface area contributed by atoms with E-state index in [1.165, 1.54) is 16.8 Å². The zero-order valence-electron chi connectivity index (χ0n) is 13.2. The van der Waals surface area contributed by atoms with Crippen molar-refractivity contribution < 1.29 is 4.79 Å². The molecule has 1 saturated heterocycles. The average Bonchev–Trinajstić information content (AvgIpc) is 3.16. The molecule has 2 aromatic rings. The van der Waals surface area contributed by atoms with Crippen LogP contribution in [0.25, 0.3) is 0 Å². The van der Waals surface area contributed by atoms with Crippen LogP contribution in [0, 0.1) is 6.92 Å². The number of aryl methyl sites for hydroxylation is 1. The van der Waals surface area contributed by atoms with Gasteiger partial charge in [-0.05, 0) is 37.1 Å². The highest BCUT2D eigenvalue weighted by Gasteiger charge is 2.46. The second kappa shape index (κ2) is 5.39. The van der Waals surface area contributed by atoms with E-state index in [1.54, 1.807) is 0 Å². The number of hydrogen-bond donors (Lipinski definition) is 3. The van der Waals surface area contributed by atoms with Crippen LogP contribution in [0.3, 0.4) is 0 Å². The summed E-state index contributed by atoms with van der Waals surface area (Å²) >= 11 is 0. The first-order chi connectivity index (χ1) is 11.2. The minimum absolute atomic E-state index is 0.0336. The predicted molar refractivity (Wildman–Crippen MR) is 92.8 cm³/mol. The number of fused-ring (bicyclic) bond motifs is 2. The van der Waals surface area contributed by atoms with Gasteiger partial charge in [0.05, 0.1) is 6.04 Å². The second-order valence-electron chi connectivity index (χ2n) is 6.67. The van der Waals surface area contributed by atoms with E-state index in [9.17, 15) is 4.79 Å². The Kier molecular flexibility index (Phi) is 3.34. The Morgan fingerprint density at radius 3 is 2.74 bits per heavy atom. The van der Waals surface area contributed by atoms with E-state index in [-0.39, 0.29) is 17.4 Å². The van der Waals surface area contributed by atoms with Crippen LogP contribution in [0.5, 0.6) is 0 Å². The number of nitrogens with one attached hydrogen (secondary N) is 3. The fourth-order valence-corrected chi connectivity index (χ4v) is 3.70. The number of rotatable bonds is 2. The summed E-state index contributed by atoms with van der Waals surface area (Å²) < 4.78 is 0. The van der Waals surface area contributed by atoms with Crippen molar-refractivity contribution in [2.45, 2.75) is 24.8 Å². The van der Waals surface area contributed by atoms with Gasteiger partial charge in [0.2, 0.25) is 5.91 Å². The lowest BCUT2D eigenvalue weighted by molar-refractivity contribution is -0.117. The van der Waals surface area contributed by atoms with Crippen molar-refractivity contribution in [3.8, 4) is 0 Å². The molecule has 4 nitrogen and oxygen atoms in total. The van der Waals surface area contributed by atoms with Crippen molar-refractivity contribution >= 4 is 17.3 Å². The van der Waals surface area contributed by atoms with Crippen molar-refractivity contribution in [1.82, 2.24) is 5.32 Å². The third-order valence-electron chi connectivity index (χ3n) is 5.03. The second-order valence-corrected chi connectivity index (χ2v) is 6.67. The summed E-state index contributed by atoms with van der Waals surface area (Å²) in [7, 11) is 0. The monoisotopic (exact) mass is 307 g/mol. The molecule has 4 heteroatoms. The van der Waals surface area contributed by atoms with Crippen molar-refractivity contribution in [3.05, 3.63) is 59.7 Å². The van der Waals surface area contributed by atoms with Gasteiger partial charge in [0.25, 0.3) is 0 Å². The molecule has 4 rings (SSSR count). The Hall–Kier alpha value is -2.33. The third-order valence-corrected chi connectivity index (χ3v) is 5.03. The number of amides is 1. The number of carbonyl (C=O) groups is 1. The first-order valence-electron chi connectivity index (χ1n) is 8.11. The number of hydrogen-bond acceptors (Lipinski definition) is 3. The molecule has 2 aliphatic heterocycles. The zero-order chi connectivity index (χ0) is 15.9. The molecule has 1 amide bonds. The molecule has 0 radical (unpaired) electrons. The summed E-state index contributed by atoms with van der Waals surface area (Å²) in [6, 6.07) is 16.2. The Balaban J connectivity index is 1.48. The molecule has 0 saturated carbocycles. The molecular formula is C19H21N3O. The topological polar surface area (TPSA) is 53.2 Å². The van der Waals surface area contributed by atoms with Gasteiger partial charge in [-0.1, -0.05) is 35.9 Å². The highest BCUT2D eigenvalue weighted by molar-refractivity contribution is 5.95. The maximum Gasteiger partial charge on any atom is 0.241 e. The molecule has 1 fully saturated rings. The van der Waals surface area contributed by atoms with Gasteiger partial charge >= 0.3 is 0 Å². The predicted octanol–water partition coefficient (Wildman–Crippen LogP) is 2.66. The Morgan fingerprint density at radius 2 is 1.91 bits per heavy atom. The molecule has 0 bridgehead atoms. The van der Waals surface area contributed by atoms with E-state index >= 15 is 0 Å². The summed E-state index contributed by atoms with van der Waals surface area (Å²) in [6.07, 6.45) is 0.828. The fraction of sp³-hybridized carbons (Fsp3) is 0.316. The van der Waals surface area contributed by atoms with Crippen molar-refractivity contribution in [3.63, 3.8) is 0 Å². The summed E-state index contributed by atoms with van der Waals surface area (Å²) in [5, 5.41) is 9.91. The molecule has 118 valence electrons. The SMILES string of the molecule is Cc1ccc(NC(=O)C2CC3(CNc4ccccc43)CN2)cc1. The van der Waals surface area contributed by atoms with E-state index in [4.69, 9.17) is 0 Å². The summed E-state index contributed by atoms with van der Waals surface area (Å²) in [6.45, 7) is 3.77. The lowest BCUT2D eigenvalue weighted by atomic mass is 9.80. The Morgan fingerprint density at radius 1 is 1.13 bits per heavy atom. The van der Waals surface area contributed by atoms with Gasteiger partial charge in [0, 0.05) is 29.9 Å². The minimum Gasteiger partial charge on any atom is -0.384 e. The van der Waals surface area contributed by atoms with Gasteiger partial charge in [-0.2, -0.15) is 0 Å². The van der Waals surface area contributed by atoms with Crippen LogP contribution in [0.4, 0.5) is 11.4 Å². The van der Waals surface area contributed by atoms with Crippen LogP contribution < -0.4 is 16.0 Å². The van der Waals surface area contributed by atoms with E-state index < -0.39 is 0 Å². The van der Waals surface area contributed by atoms with Crippen molar-refractivity contribution in [2.75, 3.05) is 23.7 Å². The van der Waals surface area contributed by atoms with Crippen molar-refractivity contribution in [2.24, 2.45) is 0 Å². The van der Waals surface area contributed by atoms with Gasteiger partial charge in [0.15, 0.2) is 0 Å². The summed E-state index contributed by atoms with van der Waals surface area (Å²) in [4.78, 5) is 12.6. The lowest BCUT2D eigenvalue weighted by Gasteiger charge is -2.22. The third kappa shape index (κ3) is 2.49. The van der Waals surface area contributed by atoms with Crippen LogP contribution in [0.1, 0.15) is 17.5 Å². The van der Waals surface area contributed by atoms with Crippen molar-refractivity contribution in [1.29, 1.82) is 0 Å². The number of carbonyl (C=O) groups excluding carboxylic acids is 1. The van der Waals surface area contributed by atoms with Gasteiger partial charge in [-0.3, -0.25) is 4.79 Å². The molecule has 0 aromatic heterocycles. The van der Waals surface area contributed by atoms with Gasteiger partial charge < -0.3 is 16.0 Å². The normalized spacial score (nSPS) is 25.2. The first kappa shape index (κ1) is 14.3. The molecule has 23 heavy (non-hydrogen) atoms. The molecule has 3 N–H and O–H groups in total. The van der Waals surface area contributed by atoms with Gasteiger partial charge in [-0.15, -0.1) is 0 Å².